The van der Waals surface area contributed by atoms with Crippen LogP contribution < -0.4 is 19.5 Å². The highest BCUT2D eigenvalue weighted by molar-refractivity contribution is 7.89. The molecular formula is C12H18N2O4S. The fourth-order valence-corrected chi connectivity index (χ4v) is 3.11. The Morgan fingerprint density at radius 1 is 1.21 bits per heavy atom. The summed E-state index contributed by atoms with van der Waals surface area (Å²) in [6.07, 6.45) is 0. The van der Waals surface area contributed by atoms with E-state index in [1.165, 1.54) is 6.07 Å². The van der Waals surface area contributed by atoms with Gasteiger partial charge in [-0.15, -0.1) is 0 Å². The fourth-order valence-electron chi connectivity index (χ4n) is 1.84. The van der Waals surface area contributed by atoms with Crippen LogP contribution in [0.2, 0.25) is 0 Å². The van der Waals surface area contributed by atoms with E-state index in [0.717, 1.165) is 6.54 Å². The third-order valence-electron chi connectivity index (χ3n) is 2.80. The van der Waals surface area contributed by atoms with Gasteiger partial charge in [-0.05, 0) is 25.1 Å². The standard InChI is InChI=1S/C12H18N2O4S/c1-3-13-4-5-14-19(15,16)12-7-11-10(6-9(12)2)17-8-18-11/h6-7,13-14H,3-5,8H2,1-2H3. The number of fused-ring (bicyclic) bond motifs is 1. The Bertz CT molecular complexity index is 557. The summed E-state index contributed by atoms with van der Waals surface area (Å²) in [5.41, 5.74) is 0.639. The SMILES string of the molecule is CCNCCNS(=O)(=O)c1cc2c(cc1C)OCO2. The first kappa shape index (κ1) is 14.1. The minimum Gasteiger partial charge on any atom is -0.454 e. The summed E-state index contributed by atoms with van der Waals surface area (Å²) < 4.78 is 37.3. The number of nitrogens with one attached hydrogen (secondary N) is 2. The lowest BCUT2D eigenvalue weighted by atomic mass is 10.2. The van der Waals surface area contributed by atoms with Gasteiger partial charge in [0, 0.05) is 19.2 Å². The Morgan fingerprint density at radius 3 is 2.58 bits per heavy atom. The average molecular weight is 286 g/mol. The van der Waals surface area contributed by atoms with Crippen LogP contribution in [0.15, 0.2) is 17.0 Å². The highest BCUT2D eigenvalue weighted by atomic mass is 32.2. The Labute approximate surface area is 113 Å². The van der Waals surface area contributed by atoms with E-state index in [2.05, 4.69) is 10.0 Å². The largest absolute Gasteiger partial charge is 0.454 e. The first-order chi connectivity index (χ1) is 9.04. The third kappa shape index (κ3) is 3.17. The number of hydrogen-bond donors (Lipinski definition) is 2. The quantitative estimate of drug-likeness (QED) is 0.749. The zero-order chi connectivity index (χ0) is 13.9. The molecule has 1 aliphatic heterocycles. The number of benzene rings is 1. The van der Waals surface area contributed by atoms with Gasteiger partial charge >= 0.3 is 0 Å². The van der Waals surface area contributed by atoms with Gasteiger partial charge in [0.2, 0.25) is 16.8 Å². The van der Waals surface area contributed by atoms with E-state index in [4.69, 9.17) is 9.47 Å². The van der Waals surface area contributed by atoms with E-state index in [-0.39, 0.29) is 11.7 Å². The van der Waals surface area contributed by atoms with Crippen LogP contribution in [0.4, 0.5) is 0 Å². The maximum absolute atomic E-state index is 12.2. The summed E-state index contributed by atoms with van der Waals surface area (Å²) in [6.45, 7) is 5.59. The maximum atomic E-state index is 12.2. The van der Waals surface area contributed by atoms with Crippen molar-refractivity contribution in [3.8, 4) is 11.5 Å². The van der Waals surface area contributed by atoms with Gasteiger partial charge < -0.3 is 14.8 Å². The summed E-state index contributed by atoms with van der Waals surface area (Å²) in [6, 6.07) is 3.19. The van der Waals surface area contributed by atoms with Crippen LogP contribution in [0.1, 0.15) is 12.5 Å². The summed E-state index contributed by atoms with van der Waals surface area (Å²) >= 11 is 0. The highest BCUT2D eigenvalue weighted by Gasteiger charge is 2.22. The Balaban J connectivity index is 2.16. The molecule has 0 fully saturated rings. The molecule has 2 rings (SSSR count). The minimum absolute atomic E-state index is 0.131. The number of aryl methyl sites for hydroxylation is 1. The molecule has 1 aliphatic rings. The van der Waals surface area contributed by atoms with E-state index in [9.17, 15) is 8.42 Å². The molecule has 0 saturated carbocycles. The Morgan fingerprint density at radius 2 is 1.89 bits per heavy atom. The van der Waals surface area contributed by atoms with Crippen molar-refractivity contribution in [2.45, 2.75) is 18.7 Å². The predicted octanol–water partition coefficient (Wildman–Crippen LogP) is 0.612. The fraction of sp³-hybridized carbons (Fsp3) is 0.500. The second-order valence-electron chi connectivity index (χ2n) is 4.22. The normalized spacial score (nSPS) is 13.8. The molecule has 0 amide bonds. The second kappa shape index (κ2) is 5.77. The topological polar surface area (TPSA) is 76.7 Å². The number of hydrogen-bond acceptors (Lipinski definition) is 5. The lowest BCUT2D eigenvalue weighted by molar-refractivity contribution is 0.174. The molecule has 7 heteroatoms. The number of ether oxygens (including phenoxy) is 2. The molecule has 0 saturated heterocycles. The maximum Gasteiger partial charge on any atom is 0.241 e. The van der Waals surface area contributed by atoms with Crippen LogP contribution in [0.3, 0.4) is 0 Å². The van der Waals surface area contributed by atoms with Gasteiger partial charge in [0.1, 0.15) is 0 Å². The Kier molecular flexibility index (Phi) is 4.28. The van der Waals surface area contributed by atoms with Crippen LogP contribution in [-0.4, -0.2) is 34.8 Å². The monoisotopic (exact) mass is 286 g/mol. The molecule has 0 aliphatic carbocycles. The highest BCUT2D eigenvalue weighted by Crippen LogP contribution is 2.35. The molecular weight excluding hydrogens is 268 g/mol. The van der Waals surface area contributed by atoms with Gasteiger partial charge in [0.05, 0.1) is 4.90 Å². The molecule has 1 aromatic carbocycles. The molecule has 1 aromatic rings. The summed E-state index contributed by atoms with van der Waals surface area (Å²) in [7, 11) is -3.52. The van der Waals surface area contributed by atoms with Crippen LogP contribution in [0, 0.1) is 6.92 Å². The van der Waals surface area contributed by atoms with E-state index < -0.39 is 10.0 Å². The van der Waals surface area contributed by atoms with Gasteiger partial charge in [-0.2, -0.15) is 0 Å². The van der Waals surface area contributed by atoms with Crippen LogP contribution >= 0.6 is 0 Å². The molecule has 0 spiro atoms. The summed E-state index contributed by atoms with van der Waals surface area (Å²) in [5, 5.41) is 3.06. The smallest absolute Gasteiger partial charge is 0.241 e. The predicted molar refractivity (Wildman–Crippen MR) is 71.0 cm³/mol. The molecule has 106 valence electrons. The molecule has 2 N–H and O–H groups in total. The van der Waals surface area contributed by atoms with E-state index >= 15 is 0 Å². The van der Waals surface area contributed by atoms with Gasteiger partial charge in [0.15, 0.2) is 11.5 Å². The lowest BCUT2D eigenvalue weighted by Gasteiger charge is -2.10. The van der Waals surface area contributed by atoms with Crippen LogP contribution in [0.5, 0.6) is 11.5 Å². The van der Waals surface area contributed by atoms with Gasteiger partial charge in [-0.25, -0.2) is 13.1 Å². The second-order valence-corrected chi connectivity index (χ2v) is 5.96. The molecule has 0 unspecified atom stereocenters. The van der Waals surface area contributed by atoms with Crippen molar-refractivity contribution in [2.24, 2.45) is 0 Å². The molecule has 6 nitrogen and oxygen atoms in total. The van der Waals surface area contributed by atoms with Crippen molar-refractivity contribution in [2.75, 3.05) is 26.4 Å². The summed E-state index contributed by atoms with van der Waals surface area (Å²) in [4.78, 5) is 0.230. The van der Waals surface area contributed by atoms with Crippen LogP contribution in [0.25, 0.3) is 0 Å². The van der Waals surface area contributed by atoms with E-state index in [0.29, 0.717) is 30.2 Å². The average Bonchev–Trinajstić information content (AvgIpc) is 2.80. The molecule has 19 heavy (non-hydrogen) atoms. The summed E-state index contributed by atoms with van der Waals surface area (Å²) in [5.74, 6) is 1.06. The number of sulfonamides is 1. The van der Waals surface area contributed by atoms with Crippen molar-refractivity contribution >= 4 is 10.0 Å². The van der Waals surface area contributed by atoms with E-state index in [1.54, 1.807) is 13.0 Å². The van der Waals surface area contributed by atoms with Gasteiger partial charge in [-0.3, -0.25) is 0 Å². The van der Waals surface area contributed by atoms with Gasteiger partial charge in [-0.1, -0.05) is 6.92 Å². The molecule has 1 heterocycles. The van der Waals surface area contributed by atoms with Crippen LogP contribution in [-0.2, 0) is 10.0 Å². The number of likely N-dealkylation sites (N-methyl/N-ethyl adjacent to an activating group) is 1. The van der Waals surface area contributed by atoms with Crippen molar-refractivity contribution in [3.63, 3.8) is 0 Å². The Hall–Kier alpha value is -1.31. The molecule has 0 atom stereocenters. The zero-order valence-corrected chi connectivity index (χ0v) is 11.8. The molecule has 0 aromatic heterocycles. The zero-order valence-electron chi connectivity index (χ0n) is 11.0. The number of rotatable bonds is 6. The lowest BCUT2D eigenvalue weighted by Crippen LogP contribution is -2.32. The molecule has 0 radical (unpaired) electrons. The van der Waals surface area contributed by atoms with Crippen molar-refractivity contribution in [3.05, 3.63) is 17.7 Å². The van der Waals surface area contributed by atoms with Crippen molar-refractivity contribution in [1.29, 1.82) is 0 Å². The minimum atomic E-state index is -3.52. The first-order valence-electron chi connectivity index (χ1n) is 6.15. The molecule has 0 bridgehead atoms. The van der Waals surface area contributed by atoms with Crippen molar-refractivity contribution < 1.29 is 17.9 Å². The first-order valence-corrected chi connectivity index (χ1v) is 7.63. The van der Waals surface area contributed by atoms with E-state index in [1.807, 2.05) is 6.92 Å². The van der Waals surface area contributed by atoms with Crippen molar-refractivity contribution in [1.82, 2.24) is 10.0 Å². The third-order valence-corrected chi connectivity index (χ3v) is 4.41. The van der Waals surface area contributed by atoms with Gasteiger partial charge in [0.25, 0.3) is 0 Å².